The highest BCUT2D eigenvalue weighted by Crippen LogP contribution is 2.54. The maximum Gasteiger partial charge on any atom is 0.119 e. The second-order valence-electron chi connectivity index (χ2n) is 8.34. The molecule has 3 aromatic rings. The molecule has 0 spiro atoms. The van der Waals surface area contributed by atoms with E-state index in [1.807, 2.05) is 18.2 Å². The predicted octanol–water partition coefficient (Wildman–Crippen LogP) is 5.47. The molecule has 0 bridgehead atoms. The molecule has 1 fully saturated rings. The standard InChI is InChI=1S/C27H28N2O/c1-30-26-14-8-13-24(15-26)19-29(18-23-11-6-3-7-12-23)20-25-17-27(25,21-28)16-22-9-4-2-5-10-22/h2-15,25H,16-20H2,1H3/t25-,27+/m1/s1. The fourth-order valence-corrected chi connectivity index (χ4v) is 4.34. The molecule has 0 saturated heterocycles. The van der Waals surface area contributed by atoms with Gasteiger partial charge in [-0.1, -0.05) is 72.8 Å². The van der Waals surface area contributed by atoms with Gasteiger partial charge in [-0.05, 0) is 47.6 Å². The molecule has 0 unspecified atom stereocenters. The van der Waals surface area contributed by atoms with E-state index in [-0.39, 0.29) is 5.41 Å². The molecular weight excluding hydrogens is 368 g/mol. The number of hydrogen-bond donors (Lipinski definition) is 0. The van der Waals surface area contributed by atoms with Gasteiger partial charge in [-0.3, -0.25) is 4.90 Å². The average molecular weight is 397 g/mol. The Hall–Kier alpha value is -3.09. The third kappa shape index (κ3) is 4.90. The van der Waals surface area contributed by atoms with Gasteiger partial charge in [0, 0.05) is 19.6 Å². The fourth-order valence-electron chi connectivity index (χ4n) is 4.34. The van der Waals surface area contributed by atoms with Crippen LogP contribution in [-0.2, 0) is 19.5 Å². The van der Waals surface area contributed by atoms with E-state index in [2.05, 4.69) is 77.7 Å². The number of nitriles is 1. The molecule has 0 aliphatic heterocycles. The lowest BCUT2D eigenvalue weighted by molar-refractivity contribution is 0.235. The van der Waals surface area contributed by atoms with Crippen molar-refractivity contribution in [2.24, 2.45) is 11.3 Å². The van der Waals surface area contributed by atoms with E-state index < -0.39 is 0 Å². The van der Waals surface area contributed by atoms with Crippen LogP contribution in [0, 0.1) is 22.7 Å². The Morgan fingerprint density at radius 1 is 0.900 bits per heavy atom. The molecule has 1 saturated carbocycles. The molecule has 3 nitrogen and oxygen atoms in total. The number of ether oxygens (including phenoxy) is 1. The maximum atomic E-state index is 9.96. The highest BCUT2D eigenvalue weighted by atomic mass is 16.5. The number of benzene rings is 3. The molecule has 1 aliphatic carbocycles. The molecule has 0 N–H and O–H groups in total. The molecule has 0 aromatic heterocycles. The summed E-state index contributed by atoms with van der Waals surface area (Å²) < 4.78 is 5.40. The van der Waals surface area contributed by atoms with E-state index in [1.165, 1.54) is 16.7 Å². The van der Waals surface area contributed by atoms with Crippen LogP contribution in [0.1, 0.15) is 23.1 Å². The lowest BCUT2D eigenvalue weighted by Crippen LogP contribution is -2.27. The summed E-state index contributed by atoms with van der Waals surface area (Å²) in [5.41, 5.74) is 3.55. The molecule has 152 valence electrons. The molecule has 0 amide bonds. The normalized spacial score (nSPS) is 20.0. The molecule has 0 radical (unpaired) electrons. The lowest BCUT2D eigenvalue weighted by Gasteiger charge is -2.24. The molecule has 2 atom stereocenters. The number of nitrogens with zero attached hydrogens (tertiary/aromatic N) is 2. The quantitative estimate of drug-likeness (QED) is 0.481. The van der Waals surface area contributed by atoms with Crippen LogP contribution in [0.4, 0.5) is 0 Å². The zero-order chi connectivity index (χ0) is 20.8. The minimum atomic E-state index is -0.231. The fraction of sp³-hybridized carbons (Fsp3) is 0.296. The summed E-state index contributed by atoms with van der Waals surface area (Å²) in [7, 11) is 1.70. The summed E-state index contributed by atoms with van der Waals surface area (Å²) in [6, 6.07) is 31.9. The van der Waals surface area contributed by atoms with Crippen LogP contribution in [0.2, 0.25) is 0 Å². The zero-order valence-electron chi connectivity index (χ0n) is 17.5. The van der Waals surface area contributed by atoms with Gasteiger partial charge in [0.1, 0.15) is 5.75 Å². The summed E-state index contributed by atoms with van der Waals surface area (Å²) in [4.78, 5) is 2.47. The van der Waals surface area contributed by atoms with Gasteiger partial charge in [0.25, 0.3) is 0 Å². The summed E-state index contributed by atoms with van der Waals surface area (Å²) >= 11 is 0. The third-order valence-corrected chi connectivity index (χ3v) is 6.08. The number of rotatable bonds is 9. The monoisotopic (exact) mass is 396 g/mol. The maximum absolute atomic E-state index is 9.96. The Bertz CT molecular complexity index is 996. The third-order valence-electron chi connectivity index (χ3n) is 6.08. The minimum Gasteiger partial charge on any atom is -0.497 e. The van der Waals surface area contributed by atoms with Crippen molar-refractivity contribution in [3.63, 3.8) is 0 Å². The summed E-state index contributed by atoms with van der Waals surface area (Å²) in [6.45, 7) is 2.64. The molecule has 30 heavy (non-hydrogen) atoms. The molecule has 0 heterocycles. The Balaban J connectivity index is 1.49. The molecule has 3 aromatic carbocycles. The van der Waals surface area contributed by atoms with Crippen molar-refractivity contribution in [3.8, 4) is 11.8 Å². The van der Waals surface area contributed by atoms with E-state index in [0.29, 0.717) is 5.92 Å². The van der Waals surface area contributed by atoms with Crippen LogP contribution in [0.25, 0.3) is 0 Å². The highest BCUT2D eigenvalue weighted by molar-refractivity contribution is 5.29. The van der Waals surface area contributed by atoms with Crippen LogP contribution in [-0.4, -0.2) is 18.6 Å². The summed E-state index contributed by atoms with van der Waals surface area (Å²) in [6.07, 6.45) is 1.81. The summed E-state index contributed by atoms with van der Waals surface area (Å²) in [5.74, 6) is 1.28. The first-order chi connectivity index (χ1) is 14.7. The molecule has 3 heteroatoms. The highest BCUT2D eigenvalue weighted by Gasteiger charge is 2.54. The first-order valence-electron chi connectivity index (χ1n) is 10.6. The van der Waals surface area contributed by atoms with Gasteiger partial charge in [-0.25, -0.2) is 0 Å². The first-order valence-corrected chi connectivity index (χ1v) is 10.6. The first kappa shape index (κ1) is 20.2. The van der Waals surface area contributed by atoms with Crippen LogP contribution >= 0.6 is 0 Å². The van der Waals surface area contributed by atoms with Crippen molar-refractivity contribution in [1.82, 2.24) is 4.90 Å². The van der Waals surface area contributed by atoms with E-state index in [1.54, 1.807) is 7.11 Å². The van der Waals surface area contributed by atoms with E-state index in [0.717, 1.165) is 38.2 Å². The van der Waals surface area contributed by atoms with Crippen LogP contribution in [0.15, 0.2) is 84.9 Å². The van der Waals surface area contributed by atoms with Gasteiger partial charge in [0.05, 0.1) is 18.6 Å². The zero-order valence-corrected chi connectivity index (χ0v) is 17.5. The van der Waals surface area contributed by atoms with E-state index in [9.17, 15) is 5.26 Å². The second kappa shape index (κ2) is 9.15. The molecule has 1 aliphatic rings. The Morgan fingerprint density at radius 3 is 2.20 bits per heavy atom. The molecule has 4 rings (SSSR count). The second-order valence-corrected chi connectivity index (χ2v) is 8.34. The van der Waals surface area contributed by atoms with Crippen molar-refractivity contribution in [1.29, 1.82) is 5.26 Å². The van der Waals surface area contributed by atoms with Crippen molar-refractivity contribution in [2.45, 2.75) is 25.9 Å². The van der Waals surface area contributed by atoms with Crippen molar-refractivity contribution >= 4 is 0 Å². The van der Waals surface area contributed by atoms with Crippen LogP contribution in [0.5, 0.6) is 5.75 Å². The number of hydrogen-bond acceptors (Lipinski definition) is 3. The van der Waals surface area contributed by atoms with Crippen LogP contribution < -0.4 is 4.74 Å². The van der Waals surface area contributed by atoms with Gasteiger partial charge < -0.3 is 4.74 Å². The van der Waals surface area contributed by atoms with Gasteiger partial charge in [-0.15, -0.1) is 0 Å². The lowest BCUT2D eigenvalue weighted by atomic mass is 9.95. The van der Waals surface area contributed by atoms with Gasteiger partial charge in [-0.2, -0.15) is 5.26 Å². The van der Waals surface area contributed by atoms with E-state index in [4.69, 9.17) is 4.74 Å². The minimum absolute atomic E-state index is 0.231. The SMILES string of the molecule is COc1cccc(CN(Cc2ccccc2)C[C@H]2C[C@]2(C#N)Cc2ccccc2)c1. The van der Waals surface area contributed by atoms with Gasteiger partial charge >= 0.3 is 0 Å². The van der Waals surface area contributed by atoms with Crippen molar-refractivity contribution < 1.29 is 4.74 Å². The van der Waals surface area contributed by atoms with E-state index >= 15 is 0 Å². The summed E-state index contributed by atoms with van der Waals surface area (Å²) in [5, 5.41) is 9.96. The topological polar surface area (TPSA) is 36.3 Å². The Labute approximate surface area is 179 Å². The Morgan fingerprint density at radius 2 is 1.53 bits per heavy atom. The smallest absolute Gasteiger partial charge is 0.119 e. The largest absolute Gasteiger partial charge is 0.497 e. The number of methoxy groups -OCH3 is 1. The van der Waals surface area contributed by atoms with Crippen molar-refractivity contribution in [2.75, 3.05) is 13.7 Å². The van der Waals surface area contributed by atoms with Crippen molar-refractivity contribution in [3.05, 3.63) is 102 Å². The molecular formula is C27H28N2O. The predicted molar refractivity (Wildman–Crippen MR) is 120 cm³/mol. The van der Waals surface area contributed by atoms with Gasteiger partial charge in [0.2, 0.25) is 0 Å². The average Bonchev–Trinajstić information content (AvgIpc) is 3.47. The van der Waals surface area contributed by atoms with Gasteiger partial charge in [0.15, 0.2) is 0 Å². The Kier molecular flexibility index (Phi) is 6.16. The van der Waals surface area contributed by atoms with Crippen LogP contribution in [0.3, 0.4) is 0 Å².